The van der Waals surface area contributed by atoms with Gasteiger partial charge < -0.3 is 33.8 Å². The molecule has 22 heavy (non-hydrogen) atoms. The summed E-state index contributed by atoms with van der Waals surface area (Å²) in [5.41, 5.74) is 1.96. The zero-order valence-corrected chi connectivity index (χ0v) is 16.2. The number of carbonyl (C=O) groups is 1. The van der Waals surface area contributed by atoms with Crippen LogP contribution in [0.25, 0.3) is 0 Å². The van der Waals surface area contributed by atoms with E-state index in [-0.39, 0.29) is 29.9 Å². The molecule has 0 aromatic heterocycles. The van der Waals surface area contributed by atoms with Gasteiger partial charge >= 0.3 is 0 Å². The molecule has 124 valence electrons. The van der Waals surface area contributed by atoms with Crippen LogP contribution in [0.5, 0.6) is 0 Å². The fourth-order valence-electron chi connectivity index (χ4n) is 2.58. The van der Waals surface area contributed by atoms with Crippen LogP contribution in [0.15, 0.2) is 42.5 Å². The van der Waals surface area contributed by atoms with E-state index in [2.05, 4.69) is 56.1 Å². The fraction of sp³-hybridized carbons (Fsp3) is 0.500. The third-order valence-corrected chi connectivity index (χ3v) is 4.18. The summed E-state index contributed by atoms with van der Waals surface area (Å²) in [6, 6.07) is 10.6. The van der Waals surface area contributed by atoms with Crippen molar-refractivity contribution in [3.63, 3.8) is 0 Å². The molecule has 0 atom stereocenters. The first kappa shape index (κ1) is 21.1. The molecule has 1 aromatic rings. The van der Waals surface area contributed by atoms with Crippen molar-refractivity contribution in [1.82, 2.24) is 5.32 Å². The molecule has 1 N–H and O–H groups in total. The zero-order chi connectivity index (χ0) is 15.7. The maximum Gasteiger partial charge on any atom is 0.246 e. The van der Waals surface area contributed by atoms with Gasteiger partial charge in [0.2, 0.25) is 5.91 Å². The van der Waals surface area contributed by atoms with Gasteiger partial charge in [-0.2, -0.15) is 0 Å². The molecule has 0 unspecified atom stereocenters. The summed E-state index contributed by atoms with van der Waals surface area (Å²) in [5.74, 6) is -0.0378. The largest absolute Gasteiger partial charge is 1.00 e. The van der Waals surface area contributed by atoms with Gasteiger partial charge in [0.25, 0.3) is 0 Å². The Kier molecular flexibility index (Phi) is 10.3. The normalized spacial score (nSPS) is 10.7. The van der Waals surface area contributed by atoms with Crippen molar-refractivity contribution in [2.75, 3.05) is 26.2 Å². The Morgan fingerprint density at radius 3 is 2.27 bits per heavy atom. The van der Waals surface area contributed by atoms with E-state index in [1.165, 1.54) is 5.56 Å². The number of hydrogen-bond acceptors (Lipinski definition) is 1. The lowest BCUT2D eigenvalue weighted by molar-refractivity contribution is -0.937. The van der Waals surface area contributed by atoms with Crippen LogP contribution in [0.3, 0.4) is 0 Å². The van der Waals surface area contributed by atoms with E-state index in [1.807, 2.05) is 0 Å². The van der Waals surface area contributed by atoms with Crippen LogP contribution in [0, 0.1) is 0 Å². The highest BCUT2D eigenvalue weighted by atomic mass is 127. The molecule has 4 heteroatoms. The molecule has 0 aliphatic carbocycles. The minimum absolute atomic E-state index is 0. The molecular formula is C18H29IN2O. The second-order valence-corrected chi connectivity index (χ2v) is 5.73. The minimum Gasteiger partial charge on any atom is -1.00 e. The van der Waals surface area contributed by atoms with Crippen molar-refractivity contribution < 1.29 is 33.3 Å². The average Bonchev–Trinajstić information content (AvgIpc) is 2.51. The summed E-state index contributed by atoms with van der Waals surface area (Å²) in [6.45, 7) is 15.0. The topological polar surface area (TPSA) is 29.1 Å². The van der Waals surface area contributed by atoms with Gasteiger partial charge in [0.1, 0.15) is 6.54 Å². The molecule has 0 heterocycles. The molecule has 1 amide bonds. The number of halogens is 1. The Morgan fingerprint density at radius 1 is 1.18 bits per heavy atom. The summed E-state index contributed by atoms with van der Waals surface area (Å²) in [5, 5.41) is 2.92. The number of quaternary nitrogens is 1. The number of nitrogens with zero attached hydrogens (tertiary/aromatic N) is 1. The highest BCUT2D eigenvalue weighted by Gasteiger charge is 2.23. The molecule has 0 aliphatic heterocycles. The summed E-state index contributed by atoms with van der Waals surface area (Å²) in [6.07, 6.45) is 0.994. The number of benzene rings is 1. The van der Waals surface area contributed by atoms with E-state index in [9.17, 15) is 4.79 Å². The number of carbonyl (C=O) groups excluding carboxylic acids is 1. The highest BCUT2D eigenvalue weighted by Crippen LogP contribution is 2.15. The Morgan fingerprint density at radius 2 is 1.77 bits per heavy atom. The molecule has 0 bridgehead atoms. The smallest absolute Gasteiger partial charge is 0.246 e. The molecular weight excluding hydrogens is 387 g/mol. The van der Waals surface area contributed by atoms with E-state index in [0.717, 1.165) is 43.6 Å². The van der Waals surface area contributed by atoms with Gasteiger partial charge in [0.15, 0.2) is 0 Å². The van der Waals surface area contributed by atoms with Crippen LogP contribution in [0.4, 0.5) is 0 Å². The highest BCUT2D eigenvalue weighted by molar-refractivity contribution is 5.91. The summed E-state index contributed by atoms with van der Waals surface area (Å²) in [7, 11) is 0. The molecule has 0 spiro atoms. The first-order valence-electron chi connectivity index (χ1n) is 7.85. The van der Waals surface area contributed by atoms with Crippen molar-refractivity contribution in [3.05, 3.63) is 48.0 Å². The third kappa shape index (κ3) is 6.92. The Labute approximate surface area is 152 Å². The summed E-state index contributed by atoms with van der Waals surface area (Å²) in [4.78, 5) is 11.5. The second kappa shape index (κ2) is 10.8. The van der Waals surface area contributed by atoms with Crippen LogP contribution in [0.1, 0.15) is 32.8 Å². The second-order valence-electron chi connectivity index (χ2n) is 5.73. The van der Waals surface area contributed by atoms with Gasteiger partial charge in [-0.05, 0) is 20.8 Å². The first-order chi connectivity index (χ1) is 10.0. The Hall–Kier alpha value is -0.880. The monoisotopic (exact) mass is 416 g/mol. The van der Waals surface area contributed by atoms with E-state index >= 15 is 0 Å². The van der Waals surface area contributed by atoms with Crippen LogP contribution < -0.4 is 29.3 Å². The predicted octanol–water partition coefficient (Wildman–Crippen LogP) is 0.130. The molecule has 0 saturated carbocycles. The number of nitrogens with one attached hydrogen (secondary N) is 1. The average molecular weight is 416 g/mol. The van der Waals surface area contributed by atoms with Crippen LogP contribution in [0.2, 0.25) is 0 Å². The van der Waals surface area contributed by atoms with Crippen molar-refractivity contribution in [2.24, 2.45) is 0 Å². The van der Waals surface area contributed by atoms with E-state index in [1.54, 1.807) is 6.92 Å². The quantitative estimate of drug-likeness (QED) is 0.264. The van der Waals surface area contributed by atoms with E-state index in [4.69, 9.17) is 0 Å². The Balaban J connectivity index is 0.00000441. The molecule has 1 aromatic carbocycles. The first-order valence-corrected chi connectivity index (χ1v) is 7.85. The van der Waals surface area contributed by atoms with Crippen LogP contribution in [-0.4, -0.2) is 36.6 Å². The lowest BCUT2D eigenvalue weighted by Crippen LogP contribution is -3.00. The van der Waals surface area contributed by atoms with Crippen molar-refractivity contribution in [1.29, 1.82) is 0 Å². The standard InChI is InChI=1S/C18H28N2O.HI/c1-5-20(6-2,15-17-11-8-7-9-12-17)14-10-13-19-18(21)16(3)4;/h7-9,11-12H,3,5-6,10,13-15H2,1-2,4H3;1H. The van der Waals surface area contributed by atoms with Crippen LogP contribution >= 0.6 is 0 Å². The van der Waals surface area contributed by atoms with Gasteiger partial charge in [-0.1, -0.05) is 36.9 Å². The van der Waals surface area contributed by atoms with Gasteiger partial charge in [-0.15, -0.1) is 0 Å². The maximum atomic E-state index is 11.5. The van der Waals surface area contributed by atoms with Gasteiger partial charge in [-0.3, -0.25) is 4.79 Å². The van der Waals surface area contributed by atoms with Gasteiger partial charge in [-0.25, -0.2) is 0 Å². The van der Waals surface area contributed by atoms with Crippen molar-refractivity contribution in [3.8, 4) is 0 Å². The minimum atomic E-state index is -0.0378. The number of amides is 1. The predicted molar refractivity (Wildman–Crippen MR) is 88.8 cm³/mol. The number of rotatable bonds is 9. The lowest BCUT2D eigenvalue weighted by Gasteiger charge is -2.37. The lowest BCUT2D eigenvalue weighted by atomic mass is 10.1. The van der Waals surface area contributed by atoms with E-state index in [0.29, 0.717) is 5.57 Å². The SMILES string of the molecule is C=C(C)C(=O)NCCC[N+](CC)(CC)Cc1ccccc1.[I-]. The molecule has 0 aliphatic rings. The van der Waals surface area contributed by atoms with E-state index < -0.39 is 0 Å². The third-order valence-electron chi connectivity index (χ3n) is 4.18. The summed E-state index contributed by atoms with van der Waals surface area (Å²) < 4.78 is 1.06. The Bertz CT molecular complexity index is 455. The van der Waals surface area contributed by atoms with Gasteiger partial charge in [0.05, 0.1) is 19.6 Å². The molecule has 0 saturated heterocycles. The fourth-order valence-corrected chi connectivity index (χ4v) is 2.58. The zero-order valence-electron chi connectivity index (χ0n) is 14.1. The molecule has 0 radical (unpaired) electrons. The molecule has 0 fully saturated rings. The maximum absolute atomic E-state index is 11.5. The van der Waals surface area contributed by atoms with Crippen molar-refractivity contribution in [2.45, 2.75) is 33.7 Å². The molecule has 3 nitrogen and oxygen atoms in total. The van der Waals surface area contributed by atoms with Gasteiger partial charge in [0, 0.05) is 24.1 Å². The molecule has 1 rings (SSSR count). The van der Waals surface area contributed by atoms with Crippen LogP contribution in [-0.2, 0) is 11.3 Å². The number of hydrogen-bond donors (Lipinski definition) is 1. The summed E-state index contributed by atoms with van der Waals surface area (Å²) >= 11 is 0. The van der Waals surface area contributed by atoms with Crippen molar-refractivity contribution >= 4 is 5.91 Å².